The summed E-state index contributed by atoms with van der Waals surface area (Å²) < 4.78 is 0.875. The first kappa shape index (κ1) is 29.9. The van der Waals surface area contributed by atoms with Crippen molar-refractivity contribution in [1.29, 1.82) is 0 Å². The van der Waals surface area contributed by atoms with E-state index in [9.17, 15) is 0 Å². The fourth-order valence-electron chi connectivity index (χ4n) is 6.22. The Labute approximate surface area is 271 Å². The van der Waals surface area contributed by atoms with Crippen molar-refractivity contribution in [2.45, 2.75) is 40.1 Å². The predicted octanol–water partition coefficient (Wildman–Crippen LogP) is 10.1. The number of allylic oxidation sites excluding steroid dienone is 2. The summed E-state index contributed by atoms with van der Waals surface area (Å²) in [6, 6.07) is 43.9. The molecule has 0 spiro atoms. The number of fused-ring (bicyclic) bond motifs is 2. The van der Waals surface area contributed by atoms with Gasteiger partial charge in [0.1, 0.15) is 0 Å². The van der Waals surface area contributed by atoms with Crippen molar-refractivity contribution < 1.29 is 23.2 Å². The van der Waals surface area contributed by atoms with Gasteiger partial charge in [0.2, 0.25) is 0 Å². The molecule has 0 nitrogen and oxygen atoms in total. The largest absolute Gasteiger partial charge is 0.0622 e. The average Bonchev–Trinajstić information content (AvgIpc) is 3.63. The molecule has 0 N–H and O–H groups in total. The molecule has 0 bridgehead atoms. The van der Waals surface area contributed by atoms with Crippen LogP contribution in [0.25, 0.3) is 12.2 Å². The average molecular weight is 654 g/mol. The molecule has 0 radical (unpaired) electrons. The summed E-state index contributed by atoms with van der Waals surface area (Å²) in [5, 5.41) is 1.53. The SMILES string of the molecule is Cc1ccccc1P[C]1([Zr][CH]2C=Cc3c(C)ccc(C)c32)C=Cc2ccccc21.c1ccc(CCc2ccccc2)cc1. The summed E-state index contributed by atoms with van der Waals surface area (Å²) in [6.45, 7) is 6.82. The quantitative estimate of drug-likeness (QED) is 0.153. The van der Waals surface area contributed by atoms with Gasteiger partial charge in [-0.3, -0.25) is 0 Å². The van der Waals surface area contributed by atoms with Crippen LogP contribution in [0.4, 0.5) is 0 Å². The van der Waals surface area contributed by atoms with Crippen molar-refractivity contribution >= 4 is 26.0 Å². The summed E-state index contributed by atoms with van der Waals surface area (Å²) in [6.07, 6.45) is 12.2. The molecular formula is C41H39PZr. The maximum Gasteiger partial charge on any atom is -0.0238 e. The van der Waals surface area contributed by atoms with Gasteiger partial charge in [0, 0.05) is 0 Å². The Bertz CT molecular complexity index is 1710. The minimum absolute atomic E-state index is 0.235. The Hall–Kier alpha value is -3.11. The minimum atomic E-state index is -0.887. The first-order valence-corrected chi connectivity index (χ1v) is 18.9. The second-order valence-corrected chi connectivity index (χ2v) is 18.6. The summed E-state index contributed by atoms with van der Waals surface area (Å²) in [7, 11) is 0.807. The van der Waals surface area contributed by atoms with Gasteiger partial charge in [-0.25, -0.2) is 0 Å². The fourth-order valence-corrected chi connectivity index (χ4v) is 14.5. The smallest absolute Gasteiger partial charge is 0.0238 e. The summed E-state index contributed by atoms with van der Waals surface area (Å²) >= 11 is -0.887. The van der Waals surface area contributed by atoms with E-state index in [4.69, 9.17) is 0 Å². The van der Waals surface area contributed by atoms with E-state index in [1.807, 2.05) is 0 Å². The molecule has 0 aliphatic heterocycles. The normalized spacial score (nSPS) is 17.9. The van der Waals surface area contributed by atoms with E-state index in [1.54, 1.807) is 11.1 Å². The number of hydrogen-bond donors (Lipinski definition) is 0. The molecule has 5 aromatic rings. The zero-order chi connectivity index (χ0) is 29.6. The molecule has 3 unspecified atom stereocenters. The maximum absolute atomic E-state index is 2.58. The molecule has 0 saturated carbocycles. The van der Waals surface area contributed by atoms with Crippen molar-refractivity contribution in [2.24, 2.45) is 0 Å². The number of aryl methyl sites for hydroxylation is 5. The van der Waals surface area contributed by atoms with Gasteiger partial charge in [0.05, 0.1) is 0 Å². The van der Waals surface area contributed by atoms with Crippen LogP contribution < -0.4 is 5.30 Å². The molecule has 3 atom stereocenters. The second kappa shape index (κ2) is 13.7. The molecule has 212 valence electrons. The molecular weight excluding hydrogens is 615 g/mol. The zero-order valence-electron chi connectivity index (χ0n) is 25.3. The van der Waals surface area contributed by atoms with Crippen molar-refractivity contribution in [1.82, 2.24) is 0 Å². The topological polar surface area (TPSA) is 0 Å². The van der Waals surface area contributed by atoms with Crippen LogP contribution in [-0.2, 0) is 38.9 Å². The van der Waals surface area contributed by atoms with Crippen LogP contribution in [0.3, 0.4) is 0 Å². The zero-order valence-corrected chi connectivity index (χ0v) is 28.8. The van der Waals surface area contributed by atoms with Gasteiger partial charge in [-0.15, -0.1) is 0 Å². The summed E-state index contributed by atoms with van der Waals surface area (Å²) in [5.41, 5.74) is 13.2. The summed E-state index contributed by atoms with van der Waals surface area (Å²) in [4.78, 5) is 0. The van der Waals surface area contributed by atoms with Crippen LogP contribution in [0.5, 0.6) is 0 Å². The second-order valence-electron chi connectivity index (χ2n) is 11.6. The van der Waals surface area contributed by atoms with E-state index in [0.29, 0.717) is 3.63 Å². The third kappa shape index (κ3) is 6.85. The third-order valence-corrected chi connectivity index (χ3v) is 16.2. The Morgan fingerprint density at radius 2 is 1.21 bits per heavy atom. The van der Waals surface area contributed by atoms with Gasteiger partial charge in [-0.2, -0.15) is 0 Å². The van der Waals surface area contributed by atoms with Gasteiger partial charge in [0.15, 0.2) is 0 Å². The molecule has 0 aromatic heterocycles. The van der Waals surface area contributed by atoms with Gasteiger partial charge in [-0.1, -0.05) is 60.7 Å². The molecule has 0 fully saturated rings. The van der Waals surface area contributed by atoms with E-state index in [0.717, 1.165) is 21.4 Å². The van der Waals surface area contributed by atoms with Crippen LogP contribution in [-0.4, -0.2) is 0 Å². The summed E-state index contributed by atoms with van der Waals surface area (Å²) in [5.74, 6) is 0. The molecule has 0 saturated heterocycles. The molecule has 2 aliphatic carbocycles. The van der Waals surface area contributed by atoms with Crippen molar-refractivity contribution in [3.8, 4) is 0 Å². The maximum atomic E-state index is 2.58. The Balaban J connectivity index is 0.000000197. The van der Waals surface area contributed by atoms with E-state index in [-0.39, 0.29) is 2.86 Å². The molecule has 5 aromatic carbocycles. The minimum Gasteiger partial charge on any atom is -0.0622 e. The first-order valence-electron chi connectivity index (χ1n) is 15.3. The molecule has 43 heavy (non-hydrogen) atoms. The number of rotatable bonds is 7. The van der Waals surface area contributed by atoms with E-state index >= 15 is 0 Å². The molecule has 0 heterocycles. The van der Waals surface area contributed by atoms with E-state index < -0.39 is 23.2 Å². The Kier molecular flexibility index (Phi) is 9.53. The third-order valence-electron chi connectivity index (χ3n) is 8.64. The fraction of sp³-hybridized carbons (Fsp3) is 0.171. The van der Waals surface area contributed by atoms with Gasteiger partial charge < -0.3 is 0 Å². The number of hydrogen-bond acceptors (Lipinski definition) is 0. The number of benzene rings is 5. The van der Waals surface area contributed by atoms with Gasteiger partial charge >= 0.3 is 188 Å². The van der Waals surface area contributed by atoms with Crippen molar-refractivity contribution in [3.63, 3.8) is 0 Å². The Morgan fingerprint density at radius 1 is 0.605 bits per heavy atom. The van der Waals surface area contributed by atoms with Gasteiger partial charge in [-0.05, 0) is 24.0 Å². The van der Waals surface area contributed by atoms with Gasteiger partial charge in [0.25, 0.3) is 0 Å². The van der Waals surface area contributed by atoms with Crippen LogP contribution in [0.1, 0.15) is 53.7 Å². The van der Waals surface area contributed by atoms with Crippen LogP contribution in [0.2, 0.25) is 0 Å². The van der Waals surface area contributed by atoms with Crippen LogP contribution in [0, 0.1) is 20.8 Å². The molecule has 2 heteroatoms. The monoisotopic (exact) mass is 652 g/mol. The molecule has 2 aliphatic rings. The predicted molar refractivity (Wildman–Crippen MR) is 184 cm³/mol. The Morgan fingerprint density at radius 3 is 1.91 bits per heavy atom. The van der Waals surface area contributed by atoms with Crippen molar-refractivity contribution in [3.05, 3.63) is 184 Å². The molecule has 0 amide bonds. The van der Waals surface area contributed by atoms with Crippen molar-refractivity contribution in [2.75, 3.05) is 0 Å². The van der Waals surface area contributed by atoms with Crippen LogP contribution >= 0.6 is 8.58 Å². The molecule has 7 rings (SSSR count). The first-order chi connectivity index (χ1) is 21.0. The van der Waals surface area contributed by atoms with E-state index in [2.05, 4.69) is 166 Å². The standard InChI is InChI=1S/C16H14P.C14H14.C11H11.Zr/c1-12-6-2-5-9-15(12)17-16-11-10-13-7-3-4-8-14(13)16;1-3-7-13(8-4-1)11-12-14-9-5-2-6-10-14;1-8-6-7-9(2)11-5-3-4-10(8)11;/h2-11,17H,1H3;1-10H,11-12H2;3-7H,1-2H3;. The van der Waals surface area contributed by atoms with Crippen LogP contribution in [0.15, 0.2) is 133 Å². The van der Waals surface area contributed by atoms with E-state index in [1.165, 1.54) is 44.2 Å².